The quantitative estimate of drug-likeness (QED) is 0.689. The summed E-state index contributed by atoms with van der Waals surface area (Å²) in [4.78, 5) is 18.2. The summed E-state index contributed by atoms with van der Waals surface area (Å²) in [5, 5.41) is 18.6. The lowest BCUT2D eigenvalue weighted by atomic mass is 10.0. The first-order chi connectivity index (χ1) is 8.98. The fourth-order valence-corrected chi connectivity index (χ4v) is 2.87. The third kappa shape index (κ3) is 3.97. The lowest BCUT2D eigenvalue weighted by Crippen LogP contribution is -2.44. The van der Waals surface area contributed by atoms with Gasteiger partial charge in [0.05, 0.1) is 5.60 Å². The highest BCUT2D eigenvalue weighted by Crippen LogP contribution is 2.14. The van der Waals surface area contributed by atoms with Gasteiger partial charge in [0, 0.05) is 25.0 Å². The number of nitrogens with zero attached hydrogens (tertiary/aromatic N) is 2. The predicted molar refractivity (Wildman–Crippen MR) is 74.3 cm³/mol. The van der Waals surface area contributed by atoms with E-state index in [1.54, 1.807) is 5.38 Å². The molecule has 1 amide bonds. The van der Waals surface area contributed by atoms with Gasteiger partial charge < -0.3 is 20.6 Å². The molecule has 0 bridgehead atoms. The van der Waals surface area contributed by atoms with Crippen molar-refractivity contribution in [3.63, 3.8) is 0 Å². The molecule has 1 saturated heterocycles. The standard InChI is InChI=1S/C12H20N4O2S/c1-16(2)5-10-15-9(6-19-10)11(17)14-8-12(18)3-4-13-7-12/h6,13,18H,3-5,7-8H2,1-2H3,(H,14,17)/t12-/m1/s1. The molecular formula is C12H20N4O2S. The number of hydrogen-bond donors (Lipinski definition) is 3. The van der Waals surface area contributed by atoms with E-state index < -0.39 is 5.60 Å². The van der Waals surface area contributed by atoms with Gasteiger partial charge >= 0.3 is 0 Å². The molecule has 1 fully saturated rings. The Morgan fingerprint density at radius 2 is 2.47 bits per heavy atom. The van der Waals surface area contributed by atoms with Crippen LogP contribution in [0.5, 0.6) is 0 Å². The molecular weight excluding hydrogens is 264 g/mol. The van der Waals surface area contributed by atoms with Crippen LogP contribution in [-0.4, -0.2) is 60.2 Å². The van der Waals surface area contributed by atoms with E-state index >= 15 is 0 Å². The van der Waals surface area contributed by atoms with Crippen molar-refractivity contribution in [2.45, 2.75) is 18.6 Å². The van der Waals surface area contributed by atoms with E-state index in [-0.39, 0.29) is 12.5 Å². The van der Waals surface area contributed by atoms with Gasteiger partial charge in [-0.3, -0.25) is 4.79 Å². The zero-order valence-electron chi connectivity index (χ0n) is 11.3. The van der Waals surface area contributed by atoms with Gasteiger partial charge in [-0.25, -0.2) is 4.98 Å². The van der Waals surface area contributed by atoms with Crippen molar-refractivity contribution in [1.29, 1.82) is 0 Å². The van der Waals surface area contributed by atoms with Gasteiger partial charge in [0.2, 0.25) is 0 Å². The second-order valence-electron chi connectivity index (χ2n) is 5.20. The van der Waals surface area contributed by atoms with Crippen molar-refractivity contribution >= 4 is 17.2 Å². The fraction of sp³-hybridized carbons (Fsp3) is 0.667. The van der Waals surface area contributed by atoms with Crippen molar-refractivity contribution in [2.75, 3.05) is 33.7 Å². The number of carbonyl (C=O) groups excluding carboxylic acids is 1. The summed E-state index contributed by atoms with van der Waals surface area (Å²) in [6, 6.07) is 0. The van der Waals surface area contributed by atoms with Crippen LogP contribution in [0.4, 0.5) is 0 Å². The summed E-state index contributed by atoms with van der Waals surface area (Å²) in [6.45, 7) is 2.30. The average Bonchev–Trinajstić information content (AvgIpc) is 2.95. The first-order valence-corrected chi connectivity index (χ1v) is 7.17. The third-order valence-electron chi connectivity index (χ3n) is 3.04. The van der Waals surface area contributed by atoms with Gasteiger partial charge in [-0.1, -0.05) is 0 Å². The molecule has 0 saturated carbocycles. The fourth-order valence-electron chi connectivity index (χ4n) is 1.98. The molecule has 0 aliphatic carbocycles. The van der Waals surface area contributed by atoms with Crippen molar-refractivity contribution < 1.29 is 9.90 Å². The minimum Gasteiger partial charge on any atom is -0.387 e. The van der Waals surface area contributed by atoms with Crippen LogP contribution in [0.25, 0.3) is 0 Å². The number of thiazole rings is 1. The Morgan fingerprint density at radius 1 is 1.68 bits per heavy atom. The zero-order chi connectivity index (χ0) is 13.9. The number of aromatic nitrogens is 1. The second kappa shape index (κ2) is 5.96. The molecule has 106 valence electrons. The molecule has 1 aliphatic heterocycles. The molecule has 2 heterocycles. The molecule has 0 aromatic carbocycles. The Hall–Kier alpha value is -1.02. The van der Waals surface area contributed by atoms with Crippen molar-refractivity contribution in [3.8, 4) is 0 Å². The van der Waals surface area contributed by atoms with Crippen LogP contribution in [0, 0.1) is 0 Å². The Morgan fingerprint density at radius 3 is 3.11 bits per heavy atom. The van der Waals surface area contributed by atoms with E-state index in [2.05, 4.69) is 15.6 Å². The summed E-state index contributed by atoms with van der Waals surface area (Å²) in [6.07, 6.45) is 0.663. The lowest BCUT2D eigenvalue weighted by Gasteiger charge is -2.21. The summed E-state index contributed by atoms with van der Waals surface area (Å²) < 4.78 is 0. The van der Waals surface area contributed by atoms with E-state index in [1.807, 2.05) is 19.0 Å². The number of nitrogens with one attached hydrogen (secondary N) is 2. The molecule has 2 rings (SSSR count). The Kier molecular flexibility index (Phi) is 4.51. The van der Waals surface area contributed by atoms with E-state index in [4.69, 9.17) is 0 Å². The van der Waals surface area contributed by atoms with Crippen molar-refractivity contribution in [2.24, 2.45) is 0 Å². The smallest absolute Gasteiger partial charge is 0.270 e. The average molecular weight is 284 g/mol. The van der Waals surface area contributed by atoms with E-state index in [9.17, 15) is 9.90 Å². The van der Waals surface area contributed by atoms with Crippen molar-refractivity contribution in [1.82, 2.24) is 20.5 Å². The van der Waals surface area contributed by atoms with Gasteiger partial charge in [0.15, 0.2) is 0 Å². The van der Waals surface area contributed by atoms with Gasteiger partial charge in [-0.15, -0.1) is 11.3 Å². The molecule has 1 atom stereocenters. The second-order valence-corrected chi connectivity index (χ2v) is 6.14. The van der Waals surface area contributed by atoms with Crippen LogP contribution >= 0.6 is 11.3 Å². The van der Waals surface area contributed by atoms with Gasteiger partial charge in [-0.2, -0.15) is 0 Å². The molecule has 1 aliphatic rings. The van der Waals surface area contributed by atoms with Crippen LogP contribution < -0.4 is 10.6 Å². The van der Waals surface area contributed by atoms with Crippen LogP contribution in [0.1, 0.15) is 21.9 Å². The predicted octanol–water partition coefficient (Wildman–Crippen LogP) is -0.341. The van der Waals surface area contributed by atoms with Crippen LogP contribution in [0.3, 0.4) is 0 Å². The number of amides is 1. The molecule has 7 heteroatoms. The number of hydrogen-bond acceptors (Lipinski definition) is 6. The summed E-state index contributed by atoms with van der Waals surface area (Å²) in [7, 11) is 3.92. The normalized spacial score (nSPS) is 22.9. The lowest BCUT2D eigenvalue weighted by molar-refractivity contribution is 0.0560. The Labute approximate surface area is 116 Å². The summed E-state index contributed by atoms with van der Waals surface area (Å²) in [5.41, 5.74) is -0.394. The SMILES string of the molecule is CN(C)Cc1nc(C(=O)NC[C@@]2(O)CCNC2)cs1. The number of rotatable bonds is 5. The summed E-state index contributed by atoms with van der Waals surface area (Å²) in [5.74, 6) is -0.221. The molecule has 19 heavy (non-hydrogen) atoms. The number of carbonyl (C=O) groups is 1. The maximum absolute atomic E-state index is 11.9. The molecule has 3 N–H and O–H groups in total. The number of aliphatic hydroxyl groups is 1. The molecule has 1 aromatic rings. The molecule has 0 spiro atoms. The maximum Gasteiger partial charge on any atom is 0.270 e. The molecule has 0 radical (unpaired) electrons. The molecule has 0 unspecified atom stereocenters. The Balaban J connectivity index is 1.87. The minimum absolute atomic E-state index is 0.221. The third-order valence-corrected chi connectivity index (χ3v) is 3.87. The largest absolute Gasteiger partial charge is 0.387 e. The monoisotopic (exact) mass is 284 g/mol. The van der Waals surface area contributed by atoms with E-state index in [1.165, 1.54) is 11.3 Å². The van der Waals surface area contributed by atoms with Gasteiger partial charge in [0.25, 0.3) is 5.91 Å². The highest BCUT2D eigenvalue weighted by Gasteiger charge is 2.31. The molecule has 6 nitrogen and oxygen atoms in total. The first-order valence-electron chi connectivity index (χ1n) is 6.29. The van der Waals surface area contributed by atoms with Gasteiger partial charge in [0.1, 0.15) is 10.7 Å². The zero-order valence-corrected chi connectivity index (χ0v) is 12.1. The highest BCUT2D eigenvalue weighted by molar-refractivity contribution is 7.09. The maximum atomic E-state index is 11.9. The van der Waals surface area contributed by atoms with Crippen LogP contribution in [-0.2, 0) is 6.54 Å². The highest BCUT2D eigenvalue weighted by atomic mass is 32.1. The Bertz CT molecular complexity index is 441. The number of β-amino-alcohol motifs (C(OH)–C–C–N with tert-alkyl or cyclic N) is 1. The van der Waals surface area contributed by atoms with Crippen LogP contribution in [0.2, 0.25) is 0 Å². The van der Waals surface area contributed by atoms with Crippen molar-refractivity contribution in [3.05, 3.63) is 16.1 Å². The molecule has 1 aromatic heterocycles. The van der Waals surface area contributed by atoms with E-state index in [0.717, 1.165) is 18.1 Å². The van der Waals surface area contributed by atoms with Gasteiger partial charge in [-0.05, 0) is 27.1 Å². The summed E-state index contributed by atoms with van der Waals surface area (Å²) >= 11 is 1.47. The van der Waals surface area contributed by atoms with Crippen LogP contribution in [0.15, 0.2) is 5.38 Å². The topological polar surface area (TPSA) is 77.5 Å². The van der Waals surface area contributed by atoms with E-state index in [0.29, 0.717) is 18.7 Å². The minimum atomic E-state index is -0.821. The first kappa shape index (κ1) is 14.4.